The fraction of sp³-hybridized carbons (Fsp3) is 0.308. The van der Waals surface area contributed by atoms with Crippen molar-refractivity contribution in [2.75, 3.05) is 7.11 Å². The van der Waals surface area contributed by atoms with Crippen molar-refractivity contribution >= 4 is 34.4 Å². The second-order valence-electron chi connectivity index (χ2n) is 4.31. The molecule has 0 aliphatic heterocycles. The summed E-state index contributed by atoms with van der Waals surface area (Å²) in [6, 6.07) is 5.08. The Morgan fingerprint density at radius 1 is 1.47 bits per heavy atom. The summed E-state index contributed by atoms with van der Waals surface area (Å²) in [5.41, 5.74) is 1.91. The Kier molecular flexibility index (Phi) is 3.85. The number of ketones is 1. The van der Waals surface area contributed by atoms with Gasteiger partial charge >= 0.3 is 5.97 Å². The zero-order chi connectivity index (χ0) is 14.0. The third-order valence-electron chi connectivity index (χ3n) is 2.89. The summed E-state index contributed by atoms with van der Waals surface area (Å²) in [6.45, 7) is 1.70. The summed E-state index contributed by atoms with van der Waals surface area (Å²) in [6.07, 6.45) is 0.0666. The van der Waals surface area contributed by atoms with Crippen molar-refractivity contribution < 1.29 is 14.3 Å². The van der Waals surface area contributed by atoms with E-state index in [9.17, 15) is 9.59 Å². The van der Waals surface area contributed by atoms with E-state index in [1.807, 2.05) is 0 Å². The molecule has 1 unspecified atom stereocenters. The number of methoxy groups -OCH3 is 1. The lowest BCUT2D eigenvalue weighted by molar-refractivity contribution is -0.141. The van der Waals surface area contributed by atoms with Gasteiger partial charge in [-0.05, 0) is 29.8 Å². The van der Waals surface area contributed by atoms with Gasteiger partial charge in [0.1, 0.15) is 0 Å². The summed E-state index contributed by atoms with van der Waals surface area (Å²) in [5, 5.41) is 0.280. The number of aromatic nitrogens is 2. The molecule has 2 rings (SSSR count). The molecular formula is C13H13ClN2O3. The number of halogens is 1. The number of aromatic amines is 1. The minimum absolute atomic E-state index is 0.0666. The fourth-order valence-electron chi connectivity index (χ4n) is 1.84. The summed E-state index contributed by atoms with van der Waals surface area (Å²) in [5.74, 6) is -0.937. The average molecular weight is 281 g/mol. The minimum Gasteiger partial charge on any atom is -0.469 e. The first-order valence-corrected chi connectivity index (χ1v) is 6.15. The summed E-state index contributed by atoms with van der Waals surface area (Å²) >= 11 is 5.75. The minimum atomic E-state index is -0.428. The molecule has 1 aromatic carbocycles. The molecule has 100 valence electrons. The highest BCUT2D eigenvalue weighted by molar-refractivity contribution is 6.29. The molecule has 1 atom stereocenters. The average Bonchev–Trinajstić information content (AvgIpc) is 2.76. The predicted octanol–water partition coefficient (Wildman–Crippen LogP) is 2.60. The molecule has 0 fully saturated rings. The molecule has 0 saturated carbocycles. The molecule has 0 amide bonds. The molecule has 6 heteroatoms. The first kappa shape index (κ1) is 13.5. The van der Waals surface area contributed by atoms with Crippen LogP contribution in [0.15, 0.2) is 18.2 Å². The third kappa shape index (κ3) is 2.93. The van der Waals surface area contributed by atoms with E-state index in [1.54, 1.807) is 25.1 Å². The number of Topliss-reactive ketones (excluding diaryl/α,β-unsaturated/α-hetero) is 1. The number of fused-ring (bicyclic) bond motifs is 1. The highest BCUT2D eigenvalue weighted by atomic mass is 35.5. The van der Waals surface area contributed by atoms with Crippen molar-refractivity contribution in [1.82, 2.24) is 9.97 Å². The second-order valence-corrected chi connectivity index (χ2v) is 4.66. The van der Waals surface area contributed by atoms with Gasteiger partial charge in [-0.2, -0.15) is 0 Å². The molecule has 19 heavy (non-hydrogen) atoms. The van der Waals surface area contributed by atoms with Crippen LogP contribution in [-0.2, 0) is 9.53 Å². The lowest BCUT2D eigenvalue weighted by atomic mass is 9.96. The summed E-state index contributed by atoms with van der Waals surface area (Å²) in [7, 11) is 1.30. The smallest absolute Gasteiger partial charge is 0.306 e. The number of hydrogen-bond donors (Lipinski definition) is 1. The molecule has 1 N–H and O–H groups in total. The maximum atomic E-state index is 12.2. The zero-order valence-corrected chi connectivity index (χ0v) is 11.3. The molecule has 1 heterocycles. The molecule has 0 saturated heterocycles. The summed E-state index contributed by atoms with van der Waals surface area (Å²) in [4.78, 5) is 30.2. The third-order valence-corrected chi connectivity index (χ3v) is 3.06. The van der Waals surface area contributed by atoms with Gasteiger partial charge in [0.2, 0.25) is 5.28 Å². The van der Waals surface area contributed by atoms with Crippen molar-refractivity contribution in [2.24, 2.45) is 5.92 Å². The monoisotopic (exact) mass is 280 g/mol. The molecule has 0 radical (unpaired) electrons. The van der Waals surface area contributed by atoms with E-state index in [1.165, 1.54) is 7.11 Å². The van der Waals surface area contributed by atoms with E-state index in [2.05, 4.69) is 14.7 Å². The van der Waals surface area contributed by atoms with E-state index >= 15 is 0 Å². The maximum absolute atomic E-state index is 12.2. The van der Waals surface area contributed by atoms with Crippen LogP contribution >= 0.6 is 11.6 Å². The lowest BCUT2D eigenvalue weighted by Gasteiger charge is -2.08. The van der Waals surface area contributed by atoms with Gasteiger partial charge in [-0.1, -0.05) is 6.92 Å². The van der Waals surface area contributed by atoms with E-state index in [4.69, 9.17) is 11.6 Å². The van der Waals surface area contributed by atoms with Crippen LogP contribution in [0, 0.1) is 5.92 Å². The number of esters is 1. The normalized spacial score (nSPS) is 12.4. The zero-order valence-electron chi connectivity index (χ0n) is 10.6. The van der Waals surface area contributed by atoms with Crippen LogP contribution in [-0.4, -0.2) is 28.8 Å². The number of ether oxygens (including phenoxy) is 1. The van der Waals surface area contributed by atoms with Crippen LogP contribution in [0.25, 0.3) is 11.0 Å². The number of imidazole rings is 1. The van der Waals surface area contributed by atoms with Crippen LogP contribution in [0.3, 0.4) is 0 Å². The molecular weight excluding hydrogens is 268 g/mol. The lowest BCUT2D eigenvalue weighted by Crippen LogP contribution is -2.16. The Morgan fingerprint density at radius 3 is 2.89 bits per heavy atom. The Bertz CT molecular complexity index is 636. The Balaban J connectivity index is 2.23. The highest BCUT2D eigenvalue weighted by Gasteiger charge is 2.19. The van der Waals surface area contributed by atoms with Gasteiger partial charge in [0.05, 0.1) is 24.6 Å². The molecule has 2 aromatic rings. The van der Waals surface area contributed by atoms with E-state index in [0.717, 1.165) is 0 Å². The van der Waals surface area contributed by atoms with Crippen molar-refractivity contribution in [1.29, 1.82) is 0 Å². The molecule has 5 nitrogen and oxygen atoms in total. The number of hydrogen-bond acceptors (Lipinski definition) is 4. The first-order valence-electron chi connectivity index (χ1n) is 5.77. The van der Waals surface area contributed by atoms with Gasteiger partial charge in [0.15, 0.2) is 5.78 Å². The van der Waals surface area contributed by atoms with Gasteiger partial charge in [-0.15, -0.1) is 0 Å². The van der Waals surface area contributed by atoms with Crippen LogP contribution in [0.5, 0.6) is 0 Å². The van der Waals surface area contributed by atoms with Crippen molar-refractivity contribution in [3.05, 3.63) is 29.0 Å². The Hall–Kier alpha value is -1.88. The quantitative estimate of drug-likeness (QED) is 0.690. The van der Waals surface area contributed by atoms with E-state index in [0.29, 0.717) is 16.6 Å². The number of rotatable bonds is 4. The number of nitrogens with one attached hydrogen (secondary N) is 1. The molecule has 0 aliphatic rings. The maximum Gasteiger partial charge on any atom is 0.306 e. The van der Waals surface area contributed by atoms with E-state index in [-0.39, 0.29) is 17.5 Å². The SMILES string of the molecule is COC(=O)CC(C)C(=O)c1ccc2nc(Cl)[nH]c2c1. The van der Waals surface area contributed by atoms with Crippen molar-refractivity contribution in [3.63, 3.8) is 0 Å². The first-order chi connectivity index (χ1) is 9.01. The number of H-pyrrole nitrogens is 1. The molecule has 0 aliphatic carbocycles. The van der Waals surface area contributed by atoms with Crippen LogP contribution in [0.1, 0.15) is 23.7 Å². The van der Waals surface area contributed by atoms with Gasteiger partial charge in [-0.3, -0.25) is 9.59 Å². The topological polar surface area (TPSA) is 72.1 Å². The largest absolute Gasteiger partial charge is 0.469 e. The standard InChI is InChI=1S/C13H13ClN2O3/c1-7(5-11(17)19-2)12(18)8-3-4-9-10(6-8)16-13(14)15-9/h3-4,6-7H,5H2,1-2H3,(H,15,16). The van der Waals surface area contributed by atoms with Gasteiger partial charge in [0.25, 0.3) is 0 Å². The number of carbonyl (C=O) groups is 2. The van der Waals surface area contributed by atoms with Gasteiger partial charge in [-0.25, -0.2) is 4.98 Å². The molecule has 0 bridgehead atoms. The Labute approximate surface area is 114 Å². The van der Waals surface area contributed by atoms with Crippen molar-refractivity contribution in [2.45, 2.75) is 13.3 Å². The summed E-state index contributed by atoms with van der Waals surface area (Å²) < 4.78 is 4.56. The van der Waals surface area contributed by atoms with Crippen LogP contribution in [0.4, 0.5) is 0 Å². The predicted molar refractivity (Wildman–Crippen MR) is 71.2 cm³/mol. The van der Waals surface area contributed by atoms with Crippen LogP contribution in [0.2, 0.25) is 5.28 Å². The van der Waals surface area contributed by atoms with Gasteiger partial charge < -0.3 is 9.72 Å². The molecule has 1 aromatic heterocycles. The number of benzene rings is 1. The van der Waals surface area contributed by atoms with Crippen LogP contribution < -0.4 is 0 Å². The second kappa shape index (κ2) is 5.40. The number of carbonyl (C=O) groups excluding carboxylic acids is 2. The van der Waals surface area contributed by atoms with Gasteiger partial charge in [0, 0.05) is 11.5 Å². The highest BCUT2D eigenvalue weighted by Crippen LogP contribution is 2.19. The number of nitrogens with zero attached hydrogens (tertiary/aromatic N) is 1. The Morgan fingerprint density at radius 2 is 2.21 bits per heavy atom. The van der Waals surface area contributed by atoms with Crippen molar-refractivity contribution in [3.8, 4) is 0 Å². The fourth-order valence-corrected chi connectivity index (χ4v) is 2.04. The molecule has 0 spiro atoms. The van der Waals surface area contributed by atoms with E-state index < -0.39 is 11.9 Å².